The molecule has 70 valence electrons. The maximum atomic E-state index is 10.5. The van der Waals surface area contributed by atoms with Gasteiger partial charge in [-0.1, -0.05) is 0 Å². The van der Waals surface area contributed by atoms with Gasteiger partial charge < -0.3 is 9.84 Å². The molecule has 2 unspecified atom stereocenters. The highest BCUT2D eigenvalue weighted by molar-refractivity contribution is 7.99. The van der Waals surface area contributed by atoms with Gasteiger partial charge >= 0.3 is 5.97 Å². The zero-order valence-corrected chi connectivity index (χ0v) is 7.97. The minimum atomic E-state index is -0.718. The van der Waals surface area contributed by atoms with Gasteiger partial charge in [-0.2, -0.15) is 11.8 Å². The summed E-state index contributed by atoms with van der Waals surface area (Å²) in [6.07, 6.45) is 1.38. The number of carbonyl (C=O) groups is 1. The van der Waals surface area contributed by atoms with Crippen LogP contribution in [0.2, 0.25) is 0 Å². The molecule has 0 aromatic heterocycles. The Morgan fingerprint density at radius 3 is 3.08 bits per heavy atom. The second-order valence-corrected chi connectivity index (χ2v) is 4.15. The molecule has 0 bridgehead atoms. The number of methoxy groups -OCH3 is 1. The third-order valence-corrected chi connectivity index (χ3v) is 3.33. The summed E-state index contributed by atoms with van der Waals surface area (Å²) in [5.41, 5.74) is 0. The van der Waals surface area contributed by atoms with Crippen molar-refractivity contribution in [3.05, 3.63) is 0 Å². The number of carboxylic acids is 1. The standard InChI is InChI=1S/C8H14O3S/c1-11-7-2-3-12-5-6(7)4-8(9)10/h6-7H,2-5H2,1H3,(H,9,10). The topological polar surface area (TPSA) is 46.5 Å². The molecule has 0 spiro atoms. The predicted molar refractivity (Wildman–Crippen MR) is 48.5 cm³/mol. The van der Waals surface area contributed by atoms with E-state index in [4.69, 9.17) is 9.84 Å². The monoisotopic (exact) mass is 190 g/mol. The van der Waals surface area contributed by atoms with E-state index in [1.165, 1.54) is 0 Å². The van der Waals surface area contributed by atoms with Gasteiger partial charge in [0.1, 0.15) is 0 Å². The molecule has 1 heterocycles. The molecule has 2 atom stereocenters. The Bertz CT molecular complexity index is 160. The van der Waals surface area contributed by atoms with Crippen LogP contribution >= 0.6 is 11.8 Å². The smallest absolute Gasteiger partial charge is 0.303 e. The summed E-state index contributed by atoms with van der Waals surface area (Å²) in [4.78, 5) is 10.5. The molecular weight excluding hydrogens is 176 g/mol. The maximum Gasteiger partial charge on any atom is 0.303 e. The molecule has 1 aliphatic heterocycles. The lowest BCUT2D eigenvalue weighted by Gasteiger charge is -2.28. The SMILES string of the molecule is COC1CCSCC1CC(=O)O. The van der Waals surface area contributed by atoms with Crippen LogP contribution in [0.3, 0.4) is 0 Å². The highest BCUT2D eigenvalue weighted by atomic mass is 32.2. The molecule has 4 heteroatoms. The van der Waals surface area contributed by atoms with E-state index in [-0.39, 0.29) is 18.4 Å². The van der Waals surface area contributed by atoms with E-state index in [0.29, 0.717) is 0 Å². The number of ether oxygens (including phenoxy) is 1. The molecule has 0 aromatic carbocycles. The third kappa shape index (κ3) is 2.68. The van der Waals surface area contributed by atoms with Crippen molar-refractivity contribution >= 4 is 17.7 Å². The maximum absolute atomic E-state index is 10.5. The number of carboxylic acid groups (broad SMARTS) is 1. The number of thioether (sulfide) groups is 1. The first-order chi connectivity index (χ1) is 5.74. The zero-order chi connectivity index (χ0) is 8.97. The summed E-state index contributed by atoms with van der Waals surface area (Å²) < 4.78 is 5.23. The van der Waals surface area contributed by atoms with E-state index in [1.807, 2.05) is 11.8 Å². The molecule has 3 nitrogen and oxygen atoms in total. The summed E-state index contributed by atoms with van der Waals surface area (Å²) in [6, 6.07) is 0. The average Bonchev–Trinajstić information content (AvgIpc) is 2.04. The fourth-order valence-electron chi connectivity index (χ4n) is 1.50. The number of hydrogen-bond donors (Lipinski definition) is 1. The van der Waals surface area contributed by atoms with E-state index < -0.39 is 5.97 Å². The fourth-order valence-corrected chi connectivity index (χ4v) is 2.70. The number of rotatable bonds is 3. The van der Waals surface area contributed by atoms with Crippen LogP contribution in [0.1, 0.15) is 12.8 Å². The third-order valence-electron chi connectivity index (χ3n) is 2.14. The highest BCUT2D eigenvalue weighted by Crippen LogP contribution is 2.27. The largest absolute Gasteiger partial charge is 0.481 e. The Labute approximate surface area is 76.5 Å². The van der Waals surface area contributed by atoms with E-state index in [1.54, 1.807) is 7.11 Å². The summed E-state index contributed by atoms with van der Waals surface area (Å²) in [5, 5.41) is 8.61. The molecule has 1 rings (SSSR count). The van der Waals surface area contributed by atoms with E-state index >= 15 is 0 Å². The van der Waals surface area contributed by atoms with Crippen LogP contribution < -0.4 is 0 Å². The van der Waals surface area contributed by atoms with Gasteiger partial charge in [0.15, 0.2) is 0 Å². The summed E-state index contributed by atoms with van der Waals surface area (Å²) in [6.45, 7) is 0. The number of hydrogen-bond acceptors (Lipinski definition) is 3. The van der Waals surface area contributed by atoms with E-state index in [0.717, 1.165) is 17.9 Å². The summed E-state index contributed by atoms with van der Waals surface area (Å²) in [7, 11) is 1.66. The zero-order valence-electron chi connectivity index (χ0n) is 7.16. The van der Waals surface area contributed by atoms with Crippen molar-refractivity contribution in [2.75, 3.05) is 18.6 Å². The first kappa shape index (κ1) is 9.86. The van der Waals surface area contributed by atoms with Crippen LogP contribution in [-0.4, -0.2) is 35.8 Å². The second kappa shape index (κ2) is 4.72. The predicted octanol–water partition coefficient (Wildman–Crippen LogP) is 1.23. The normalized spacial score (nSPS) is 30.1. The summed E-state index contributed by atoms with van der Waals surface area (Å²) in [5.74, 6) is 1.50. The van der Waals surface area contributed by atoms with Crippen molar-refractivity contribution in [3.8, 4) is 0 Å². The van der Waals surface area contributed by atoms with Gasteiger partial charge in [-0.25, -0.2) is 0 Å². The van der Waals surface area contributed by atoms with Crippen LogP contribution in [0.15, 0.2) is 0 Å². The van der Waals surface area contributed by atoms with Gasteiger partial charge in [0, 0.05) is 13.0 Å². The average molecular weight is 190 g/mol. The molecule has 0 saturated carbocycles. The highest BCUT2D eigenvalue weighted by Gasteiger charge is 2.26. The van der Waals surface area contributed by atoms with Crippen LogP contribution in [0.25, 0.3) is 0 Å². The second-order valence-electron chi connectivity index (χ2n) is 3.00. The first-order valence-corrected chi connectivity index (χ1v) is 5.22. The molecule has 1 fully saturated rings. The van der Waals surface area contributed by atoms with Gasteiger partial charge in [0.25, 0.3) is 0 Å². The minimum Gasteiger partial charge on any atom is -0.481 e. The van der Waals surface area contributed by atoms with Crippen LogP contribution in [0.4, 0.5) is 0 Å². The molecule has 0 aliphatic carbocycles. The van der Waals surface area contributed by atoms with Crippen molar-refractivity contribution in [3.63, 3.8) is 0 Å². The minimum absolute atomic E-state index is 0.155. The lowest BCUT2D eigenvalue weighted by Crippen LogP contribution is -2.31. The van der Waals surface area contributed by atoms with Crippen molar-refractivity contribution in [1.82, 2.24) is 0 Å². The first-order valence-electron chi connectivity index (χ1n) is 4.06. The van der Waals surface area contributed by atoms with E-state index in [9.17, 15) is 4.79 Å². The van der Waals surface area contributed by atoms with Crippen LogP contribution in [-0.2, 0) is 9.53 Å². The van der Waals surface area contributed by atoms with Gasteiger partial charge in [0.2, 0.25) is 0 Å². The quantitative estimate of drug-likeness (QED) is 0.727. The van der Waals surface area contributed by atoms with Crippen molar-refractivity contribution in [1.29, 1.82) is 0 Å². The summed E-state index contributed by atoms with van der Waals surface area (Å²) >= 11 is 1.82. The lowest BCUT2D eigenvalue weighted by atomic mass is 9.98. The fraction of sp³-hybridized carbons (Fsp3) is 0.875. The van der Waals surface area contributed by atoms with Crippen molar-refractivity contribution < 1.29 is 14.6 Å². The Balaban J connectivity index is 2.41. The number of aliphatic carboxylic acids is 1. The Morgan fingerprint density at radius 2 is 2.50 bits per heavy atom. The van der Waals surface area contributed by atoms with E-state index in [2.05, 4.69) is 0 Å². The van der Waals surface area contributed by atoms with Gasteiger partial charge in [-0.15, -0.1) is 0 Å². The molecule has 0 amide bonds. The van der Waals surface area contributed by atoms with Gasteiger partial charge in [0.05, 0.1) is 12.5 Å². The lowest BCUT2D eigenvalue weighted by molar-refractivity contribution is -0.139. The molecule has 12 heavy (non-hydrogen) atoms. The molecule has 0 radical (unpaired) electrons. The Hall–Kier alpha value is -0.220. The Kier molecular flexibility index (Phi) is 3.88. The van der Waals surface area contributed by atoms with Crippen LogP contribution in [0, 0.1) is 5.92 Å². The molecular formula is C8H14O3S. The van der Waals surface area contributed by atoms with Gasteiger partial charge in [-0.3, -0.25) is 4.79 Å². The van der Waals surface area contributed by atoms with Crippen LogP contribution in [0.5, 0.6) is 0 Å². The Morgan fingerprint density at radius 1 is 1.75 bits per heavy atom. The molecule has 1 saturated heterocycles. The molecule has 1 aliphatic rings. The van der Waals surface area contributed by atoms with Crippen molar-refractivity contribution in [2.24, 2.45) is 5.92 Å². The molecule has 0 aromatic rings. The molecule has 1 N–H and O–H groups in total. The van der Waals surface area contributed by atoms with Gasteiger partial charge in [-0.05, 0) is 17.9 Å². The van der Waals surface area contributed by atoms with Crippen molar-refractivity contribution in [2.45, 2.75) is 18.9 Å².